The van der Waals surface area contributed by atoms with Gasteiger partial charge in [0.15, 0.2) is 0 Å². The third kappa shape index (κ3) is 16.6. The van der Waals surface area contributed by atoms with Crippen LogP contribution in [-0.2, 0) is 89.2 Å². The summed E-state index contributed by atoms with van der Waals surface area (Å²) in [6.45, 7) is 21.6. The third-order valence-electron chi connectivity index (χ3n) is 8.22. The number of hydrogen-bond acceptors (Lipinski definition) is 10. The van der Waals surface area contributed by atoms with Crippen LogP contribution in [0.15, 0.2) is 36.4 Å². The number of hydrogen-bond donors (Lipinski definition) is 2. The van der Waals surface area contributed by atoms with E-state index in [9.17, 15) is 13.8 Å². The van der Waals surface area contributed by atoms with Gasteiger partial charge < -0.3 is 34.5 Å². The summed E-state index contributed by atoms with van der Waals surface area (Å²) in [6, 6.07) is 12.1. The number of esters is 2. The molecule has 2 aromatic rings. The van der Waals surface area contributed by atoms with Crippen LogP contribution >= 0.6 is 23.2 Å². The molecule has 2 aromatic carbocycles. The Labute approximate surface area is 358 Å². The van der Waals surface area contributed by atoms with Gasteiger partial charge in [-0.15, -0.1) is 0 Å². The topological polar surface area (TPSA) is 147 Å². The number of ether oxygens (including phenoxy) is 5. The van der Waals surface area contributed by atoms with Gasteiger partial charge in [0.05, 0.1) is 62.8 Å². The molecule has 2 heterocycles. The molecule has 1 atom stereocenters. The van der Waals surface area contributed by atoms with Crippen molar-refractivity contribution in [2.45, 2.75) is 95.9 Å². The molecule has 1 unspecified atom stereocenters. The molecule has 0 saturated carbocycles. The minimum absolute atomic E-state index is 0. The number of rotatable bonds is 15. The number of nitrogens with zero attached hydrogens (tertiary/aromatic N) is 1. The molecule has 55 heavy (non-hydrogen) atoms. The molecule has 0 amide bonds. The van der Waals surface area contributed by atoms with Crippen LogP contribution < -0.4 is 5.73 Å². The van der Waals surface area contributed by atoms with Gasteiger partial charge in [-0.1, -0.05) is 67.1 Å². The molecule has 11 nitrogen and oxygen atoms in total. The zero-order valence-corrected chi connectivity index (χ0v) is 40.1. The van der Waals surface area contributed by atoms with Gasteiger partial charge in [0.2, 0.25) is 0 Å². The summed E-state index contributed by atoms with van der Waals surface area (Å²) in [6.07, 6.45) is 0.386. The monoisotopic (exact) mass is 1010 g/mol. The number of nitrogens with two attached hydrogens (primary N) is 1. The summed E-state index contributed by atoms with van der Waals surface area (Å²) in [7, 11) is -2.57. The average molecular weight is 1010 g/mol. The molecule has 17 heteroatoms. The van der Waals surface area contributed by atoms with E-state index in [1.54, 1.807) is 32.9 Å². The van der Waals surface area contributed by atoms with E-state index in [4.69, 9.17) is 57.7 Å². The predicted molar refractivity (Wildman–Crippen MR) is 220 cm³/mol. The van der Waals surface area contributed by atoms with Crippen molar-refractivity contribution in [1.29, 1.82) is 0 Å². The van der Waals surface area contributed by atoms with Crippen LogP contribution in [0.3, 0.4) is 0 Å². The molecule has 2 fully saturated rings. The summed E-state index contributed by atoms with van der Waals surface area (Å²) in [5.41, 5.74) is 8.30. The first-order chi connectivity index (χ1) is 24.8. The summed E-state index contributed by atoms with van der Waals surface area (Å²) in [5.74, 6) is -0.542. The summed E-state index contributed by atoms with van der Waals surface area (Å²) in [4.78, 5) is 23.2. The maximum Gasteiger partial charge on any atom is 0.310 e. The van der Waals surface area contributed by atoms with Gasteiger partial charge in [0, 0.05) is 60.8 Å². The molecule has 2 aliphatic heterocycles. The molecule has 3 N–H and O–H groups in total. The molecule has 0 bridgehead atoms. The zero-order chi connectivity index (χ0) is 40.0. The summed E-state index contributed by atoms with van der Waals surface area (Å²) >= 11 is 12.9. The number of halogens is 2. The maximum atomic E-state index is 13.6. The van der Waals surface area contributed by atoms with E-state index in [0.29, 0.717) is 56.3 Å². The number of carbonyl (C=O) groups is 2. The molecule has 0 aromatic heterocycles. The number of benzene rings is 2. The van der Waals surface area contributed by atoms with E-state index in [1.807, 2.05) is 49.3 Å². The van der Waals surface area contributed by atoms with Gasteiger partial charge >= 0.3 is 11.9 Å². The van der Waals surface area contributed by atoms with Gasteiger partial charge in [0.25, 0.3) is 0 Å². The van der Waals surface area contributed by atoms with E-state index >= 15 is 0 Å². The Balaban J connectivity index is 0.00000107. The first-order valence-corrected chi connectivity index (χ1v) is 23.6. The Morgan fingerprint density at radius 3 is 1.65 bits per heavy atom. The molecule has 4 rings (SSSR count). The van der Waals surface area contributed by atoms with E-state index in [2.05, 4.69) is 19.6 Å². The molecular formula is C38H60BCl2N2O9SSiW. The fourth-order valence-electron chi connectivity index (χ4n) is 5.27. The number of aliphatic hydroxyl groups is 1. The smallest absolute Gasteiger partial charge is 0.310 e. The van der Waals surface area contributed by atoms with E-state index in [0.717, 1.165) is 28.3 Å². The van der Waals surface area contributed by atoms with Crippen molar-refractivity contribution in [3.63, 3.8) is 0 Å². The van der Waals surface area contributed by atoms with Crippen LogP contribution in [0.1, 0.15) is 63.8 Å². The average Bonchev–Trinajstić information content (AvgIpc) is 3.01. The van der Waals surface area contributed by atoms with Gasteiger partial charge in [-0.3, -0.25) is 9.59 Å². The Morgan fingerprint density at radius 2 is 1.33 bits per heavy atom. The molecule has 3 radical (unpaired) electrons. The first-order valence-electron chi connectivity index (χ1n) is 18.0. The van der Waals surface area contributed by atoms with Gasteiger partial charge in [-0.05, 0) is 82.0 Å². The maximum absolute atomic E-state index is 13.6. The second-order valence-electron chi connectivity index (χ2n) is 15.2. The molecular weight excluding hydrogens is 954 g/mol. The van der Waals surface area contributed by atoms with Crippen molar-refractivity contribution in [3.8, 4) is 0 Å². The normalized spacial score (nSPS) is 15.9. The van der Waals surface area contributed by atoms with Crippen LogP contribution in [0.25, 0.3) is 0 Å². The molecule has 309 valence electrons. The molecule has 2 aliphatic rings. The van der Waals surface area contributed by atoms with Gasteiger partial charge in [0.1, 0.15) is 23.3 Å². The molecule has 0 spiro atoms. The Bertz CT molecular complexity index is 1520. The van der Waals surface area contributed by atoms with E-state index in [1.165, 1.54) is 0 Å². The summed E-state index contributed by atoms with van der Waals surface area (Å²) in [5, 5.41) is 8.66. The third-order valence-corrected chi connectivity index (χ3v) is 12.5. The van der Waals surface area contributed by atoms with Crippen LogP contribution in [0.5, 0.6) is 0 Å². The fourth-order valence-corrected chi connectivity index (χ4v) is 8.15. The predicted octanol–water partition coefficient (Wildman–Crippen LogP) is 5.99. The van der Waals surface area contributed by atoms with Crippen molar-refractivity contribution in [2.75, 3.05) is 59.6 Å². The SMILES string of the molecule is CCO.CCOC(=O)Cc1ccc(C2(N(COCC[Si](C)(C)C)S(=O)C(C)(C)C)COC2)c(Cl)c1.CCOC(=O)Cc1ccc(C2(N)COC2)c(Cl)c1.[B].[W]. The minimum Gasteiger partial charge on any atom is -0.466 e. The van der Waals surface area contributed by atoms with Crippen molar-refractivity contribution < 1.29 is 63.7 Å². The largest absolute Gasteiger partial charge is 0.466 e. The molecule has 0 aliphatic carbocycles. The Kier molecular flexibility index (Phi) is 24.2. The fraction of sp³-hybridized carbons (Fsp3) is 0.632. The van der Waals surface area contributed by atoms with Gasteiger partial charge in [-0.25, -0.2) is 4.21 Å². The second-order valence-corrected chi connectivity index (χ2v) is 23.8. The second kappa shape index (κ2) is 24.7. The van der Waals surface area contributed by atoms with Crippen molar-refractivity contribution in [1.82, 2.24) is 4.31 Å². The van der Waals surface area contributed by atoms with Crippen molar-refractivity contribution >= 4 is 62.6 Å². The van der Waals surface area contributed by atoms with Gasteiger partial charge in [-0.2, -0.15) is 4.31 Å². The number of carbonyl (C=O) groups excluding carboxylic acids is 2. The van der Waals surface area contributed by atoms with Crippen LogP contribution in [0.2, 0.25) is 35.7 Å². The van der Waals surface area contributed by atoms with Crippen molar-refractivity contribution in [2.24, 2.45) is 5.73 Å². The first kappa shape index (κ1) is 53.8. The van der Waals surface area contributed by atoms with Crippen LogP contribution in [0.4, 0.5) is 0 Å². The van der Waals surface area contributed by atoms with Crippen LogP contribution in [0, 0.1) is 0 Å². The zero-order valence-electron chi connectivity index (χ0n) is 33.8. The van der Waals surface area contributed by atoms with Crippen molar-refractivity contribution in [3.05, 3.63) is 68.7 Å². The summed E-state index contributed by atoms with van der Waals surface area (Å²) < 4.78 is 41.7. The quantitative estimate of drug-likeness (QED) is 0.0945. The minimum atomic E-state index is -1.34. The van der Waals surface area contributed by atoms with Crippen LogP contribution in [-0.4, -0.2) is 106 Å². The Morgan fingerprint density at radius 1 is 0.891 bits per heavy atom. The van der Waals surface area contributed by atoms with E-state index < -0.39 is 34.9 Å². The molecule has 2 saturated heterocycles. The Hall–Kier alpha value is -1.16. The standard InChI is InChI=1S/C23H38ClNO5SSi.C13H16ClNO3.C2H6O.B.W/c1-8-30-21(26)14-18-9-10-19(20(24)13-18)23(15-29-16-23)25(31(27)22(2,3)4)17-28-11-12-32(5,6)7;1-2-18-12(16)6-9-3-4-10(11(14)5-9)13(15)7-17-8-13;1-2-3;;/h9-10,13H,8,11-12,14-17H2,1-7H3;3-5H,2,6-8,15H2,1H3;3H,2H2,1H3;;. The number of aliphatic hydroxyl groups excluding tert-OH is 1. The van der Waals surface area contributed by atoms with E-state index in [-0.39, 0.29) is 67.6 Å².